The van der Waals surface area contributed by atoms with Gasteiger partial charge >= 0.3 is 5.69 Å². The molecule has 2 aromatic heterocycles. The van der Waals surface area contributed by atoms with E-state index in [4.69, 9.17) is 22.1 Å². The Kier molecular flexibility index (Phi) is 5.52. The molecule has 26 heavy (non-hydrogen) atoms. The Morgan fingerprint density at radius 3 is 2.81 bits per heavy atom. The average molecular weight is 386 g/mol. The number of aryl methyl sites for hydroxylation is 1. The van der Waals surface area contributed by atoms with E-state index < -0.39 is 30.2 Å². The van der Waals surface area contributed by atoms with Gasteiger partial charge in [0.25, 0.3) is 0 Å². The van der Waals surface area contributed by atoms with E-state index in [1.165, 1.54) is 9.13 Å². The van der Waals surface area contributed by atoms with Crippen molar-refractivity contribution in [1.29, 1.82) is 0 Å². The molecule has 144 valence electrons. The molecule has 0 saturated carbocycles. The summed E-state index contributed by atoms with van der Waals surface area (Å²) in [5, 5.41) is 20.6. The molecule has 9 nitrogen and oxygen atoms in total. The number of rotatable bonds is 6. The number of halogens is 1. The summed E-state index contributed by atoms with van der Waals surface area (Å²) in [6.45, 7) is 4.28. The summed E-state index contributed by atoms with van der Waals surface area (Å²) in [6, 6.07) is 0. The van der Waals surface area contributed by atoms with E-state index in [0.717, 1.165) is 12.8 Å². The number of hydrogen-bond acceptors (Lipinski definition) is 7. The van der Waals surface area contributed by atoms with E-state index in [9.17, 15) is 15.0 Å². The third-order valence-electron chi connectivity index (χ3n) is 4.73. The van der Waals surface area contributed by atoms with E-state index in [0.29, 0.717) is 18.5 Å². The van der Waals surface area contributed by atoms with Crippen molar-refractivity contribution in [2.24, 2.45) is 0 Å². The van der Waals surface area contributed by atoms with E-state index in [-0.39, 0.29) is 23.2 Å². The third kappa shape index (κ3) is 3.20. The molecule has 10 heteroatoms. The Bertz CT molecular complexity index is 851. The highest BCUT2D eigenvalue weighted by Gasteiger charge is 2.40. The van der Waals surface area contributed by atoms with Gasteiger partial charge in [0.1, 0.15) is 11.6 Å². The summed E-state index contributed by atoms with van der Waals surface area (Å²) < 4.78 is 8.56. The minimum atomic E-state index is -0.968. The van der Waals surface area contributed by atoms with Gasteiger partial charge in [0, 0.05) is 13.0 Å². The predicted octanol–water partition coefficient (Wildman–Crippen LogP) is 1.05. The molecule has 0 aliphatic carbocycles. The van der Waals surface area contributed by atoms with Gasteiger partial charge in [-0.3, -0.25) is 4.57 Å². The number of imidazole rings is 1. The summed E-state index contributed by atoms with van der Waals surface area (Å²) in [4.78, 5) is 21.2. The lowest BCUT2D eigenvalue weighted by Gasteiger charge is -2.18. The van der Waals surface area contributed by atoms with Gasteiger partial charge in [-0.2, -0.15) is 9.97 Å². The third-order valence-corrected chi connectivity index (χ3v) is 4.99. The first kappa shape index (κ1) is 19.1. The van der Waals surface area contributed by atoms with Crippen LogP contribution in [0.25, 0.3) is 11.2 Å². The van der Waals surface area contributed by atoms with Gasteiger partial charge in [-0.25, -0.2) is 9.36 Å². The zero-order valence-electron chi connectivity index (χ0n) is 14.8. The average Bonchev–Trinajstić information content (AvgIpc) is 3.09. The number of aliphatic hydroxyl groups is 2. The maximum absolute atomic E-state index is 13.0. The molecule has 3 heterocycles. The SMILES string of the molecule is CCCCn1c(=O)n([C@@H]2O[C@H]([C@@H](O)CC)C[C@H]2O)c2nc(N)nc(Cl)c21. The first-order chi connectivity index (χ1) is 12.4. The fourth-order valence-corrected chi connectivity index (χ4v) is 3.60. The van der Waals surface area contributed by atoms with E-state index in [1.807, 2.05) is 13.8 Å². The predicted molar refractivity (Wildman–Crippen MR) is 97.0 cm³/mol. The Morgan fingerprint density at radius 1 is 1.42 bits per heavy atom. The molecule has 0 bridgehead atoms. The van der Waals surface area contributed by atoms with Gasteiger partial charge in [0.05, 0.1) is 12.2 Å². The van der Waals surface area contributed by atoms with Crippen molar-refractivity contribution in [3.05, 3.63) is 15.6 Å². The van der Waals surface area contributed by atoms with Gasteiger partial charge in [0.2, 0.25) is 5.95 Å². The number of ether oxygens (including phenoxy) is 1. The highest BCUT2D eigenvalue weighted by atomic mass is 35.5. The van der Waals surface area contributed by atoms with Gasteiger partial charge in [0.15, 0.2) is 17.0 Å². The van der Waals surface area contributed by atoms with E-state index >= 15 is 0 Å². The van der Waals surface area contributed by atoms with Crippen LogP contribution in [0.1, 0.15) is 45.8 Å². The van der Waals surface area contributed by atoms with Crippen LogP contribution in [0, 0.1) is 0 Å². The zero-order chi connectivity index (χ0) is 19.0. The highest BCUT2D eigenvalue weighted by molar-refractivity contribution is 6.33. The van der Waals surface area contributed by atoms with Crippen LogP contribution in [-0.2, 0) is 11.3 Å². The van der Waals surface area contributed by atoms with Gasteiger partial charge in [-0.15, -0.1) is 0 Å². The summed E-state index contributed by atoms with van der Waals surface area (Å²) in [6.07, 6.45) is -0.841. The topological polar surface area (TPSA) is 128 Å². The Labute approximate surface area is 155 Å². The number of anilines is 1. The smallest absolute Gasteiger partial charge is 0.332 e. The van der Waals surface area contributed by atoms with Gasteiger partial charge in [-0.1, -0.05) is 31.9 Å². The number of unbranched alkanes of at least 4 members (excludes halogenated alkanes) is 1. The lowest BCUT2D eigenvalue weighted by atomic mass is 10.1. The molecule has 4 atom stereocenters. The van der Waals surface area contributed by atoms with Gasteiger partial charge < -0.3 is 20.7 Å². The van der Waals surface area contributed by atoms with Crippen molar-refractivity contribution in [3.8, 4) is 0 Å². The number of aliphatic hydroxyl groups excluding tert-OH is 2. The summed E-state index contributed by atoms with van der Waals surface area (Å²) in [7, 11) is 0. The Hall–Kier alpha value is -1.68. The van der Waals surface area contributed by atoms with Crippen LogP contribution in [0.3, 0.4) is 0 Å². The summed E-state index contributed by atoms with van der Waals surface area (Å²) in [5.74, 6) is -0.0680. The van der Waals surface area contributed by atoms with Crippen molar-refractivity contribution < 1.29 is 14.9 Å². The molecule has 4 N–H and O–H groups in total. The maximum atomic E-state index is 13.0. The molecule has 1 aliphatic rings. The molecule has 1 fully saturated rings. The molecule has 2 aromatic rings. The second-order valence-corrected chi connectivity index (χ2v) is 6.90. The van der Waals surface area contributed by atoms with Crippen LogP contribution >= 0.6 is 11.6 Å². The molecule has 3 rings (SSSR count). The van der Waals surface area contributed by atoms with E-state index in [1.54, 1.807) is 0 Å². The van der Waals surface area contributed by atoms with Crippen LogP contribution in [0.2, 0.25) is 5.15 Å². The van der Waals surface area contributed by atoms with Crippen LogP contribution < -0.4 is 11.4 Å². The van der Waals surface area contributed by atoms with E-state index in [2.05, 4.69) is 9.97 Å². The molecular formula is C16H24ClN5O4. The van der Waals surface area contributed by atoms with Crippen LogP contribution in [-0.4, -0.2) is 47.6 Å². The first-order valence-electron chi connectivity index (χ1n) is 8.84. The lowest BCUT2D eigenvalue weighted by Crippen LogP contribution is -2.32. The molecule has 0 radical (unpaired) electrons. The maximum Gasteiger partial charge on any atom is 0.332 e. The van der Waals surface area contributed by atoms with Crippen molar-refractivity contribution >= 4 is 28.7 Å². The molecule has 1 aliphatic heterocycles. The monoisotopic (exact) mass is 385 g/mol. The summed E-state index contributed by atoms with van der Waals surface area (Å²) >= 11 is 6.23. The Balaban J connectivity index is 2.14. The zero-order valence-corrected chi connectivity index (χ0v) is 15.6. The molecule has 0 amide bonds. The molecule has 0 spiro atoms. The molecular weight excluding hydrogens is 362 g/mol. The van der Waals surface area contributed by atoms with Gasteiger partial charge in [-0.05, 0) is 12.8 Å². The number of aromatic nitrogens is 4. The van der Waals surface area contributed by atoms with Crippen molar-refractivity contribution in [1.82, 2.24) is 19.1 Å². The minimum absolute atomic E-state index is 0.0680. The van der Waals surface area contributed by atoms with Crippen molar-refractivity contribution in [2.75, 3.05) is 5.73 Å². The number of nitrogens with two attached hydrogens (primary N) is 1. The number of nitrogens with zero attached hydrogens (tertiary/aromatic N) is 4. The summed E-state index contributed by atoms with van der Waals surface area (Å²) in [5.41, 5.74) is 5.90. The second-order valence-electron chi connectivity index (χ2n) is 6.55. The van der Waals surface area contributed by atoms with Crippen LogP contribution in [0.4, 0.5) is 5.95 Å². The first-order valence-corrected chi connectivity index (χ1v) is 9.22. The minimum Gasteiger partial charge on any atom is -0.390 e. The lowest BCUT2D eigenvalue weighted by molar-refractivity contribution is -0.0760. The second kappa shape index (κ2) is 7.51. The number of hydrogen-bond donors (Lipinski definition) is 3. The Morgan fingerprint density at radius 2 is 2.15 bits per heavy atom. The van der Waals surface area contributed by atoms with Crippen molar-refractivity contribution in [3.63, 3.8) is 0 Å². The van der Waals surface area contributed by atoms with Crippen molar-refractivity contribution in [2.45, 2.75) is 70.6 Å². The fraction of sp³-hybridized carbons (Fsp3) is 0.688. The molecule has 1 saturated heterocycles. The van der Waals surface area contributed by atoms with Crippen LogP contribution in [0.15, 0.2) is 4.79 Å². The highest BCUT2D eigenvalue weighted by Crippen LogP contribution is 2.33. The van der Waals surface area contributed by atoms with Crippen LogP contribution in [0.5, 0.6) is 0 Å². The number of nitrogen functional groups attached to an aromatic ring is 1. The number of fused-ring (bicyclic) bond motifs is 1. The molecule has 0 aromatic carbocycles. The quantitative estimate of drug-likeness (QED) is 0.634. The largest absolute Gasteiger partial charge is 0.390 e. The fourth-order valence-electron chi connectivity index (χ4n) is 3.32. The molecule has 0 unspecified atom stereocenters. The normalized spacial score (nSPS) is 24.4. The standard InChI is InChI=1S/C16H24ClN5O4/c1-3-5-6-21-11-12(17)19-15(18)20-13(11)22(16(21)25)14-9(24)7-10(26-14)8(23)4-2/h8-10,14,23-24H,3-7H2,1-2H3,(H2,18,19,20)/t8-,9+,10-,14+/m0/s1.